The Morgan fingerprint density at radius 3 is 2.46 bits per heavy atom. The summed E-state index contributed by atoms with van der Waals surface area (Å²) in [6.07, 6.45) is 0.779. The lowest BCUT2D eigenvalue weighted by Crippen LogP contribution is -2.33. The number of rotatable bonds is 5. The molecule has 0 amide bonds. The number of aromatic hydroxyl groups is 1. The zero-order valence-electron chi connectivity index (χ0n) is 15.5. The summed E-state index contributed by atoms with van der Waals surface area (Å²) in [6, 6.07) is 12.5. The molecule has 0 fully saturated rings. The molecule has 1 aliphatic heterocycles. The Balaban J connectivity index is 1.59. The summed E-state index contributed by atoms with van der Waals surface area (Å²) in [5.41, 5.74) is 3.14. The third kappa shape index (κ3) is 4.12. The molecule has 0 atom stereocenters. The molecule has 0 saturated heterocycles. The second kappa shape index (κ2) is 8.03. The Labute approximate surface area is 174 Å². The van der Waals surface area contributed by atoms with Crippen LogP contribution in [0.15, 0.2) is 42.5 Å². The molecule has 146 valence electrons. The number of phenolic OH excluding ortho intramolecular Hbond substituents is 1. The van der Waals surface area contributed by atoms with Crippen LogP contribution in [0.1, 0.15) is 23.9 Å². The fourth-order valence-corrected chi connectivity index (χ4v) is 3.96. The normalized spacial score (nSPS) is 14.1. The monoisotopic (exact) mass is 417 g/mol. The molecule has 1 aliphatic rings. The highest BCUT2D eigenvalue weighted by molar-refractivity contribution is 6.34. The Morgan fingerprint density at radius 1 is 1.07 bits per heavy atom. The fourth-order valence-electron chi connectivity index (χ4n) is 3.45. The molecule has 2 heterocycles. The van der Waals surface area contributed by atoms with E-state index in [-0.39, 0.29) is 5.75 Å². The predicted molar refractivity (Wildman–Crippen MR) is 110 cm³/mol. The summed E-state index contributed by atoms with van der Waals surface area (Å²) in [7, 11) is 0. The van der Waals surface area contributed by atoms with Gasteiger partial charge < -0.3 is 9.84 Å². The predicted octanol–water partition coefficient (Wildman–Crippen LogP) is 5.27. The summed E-state index contributed by atoms with van der Waals surface area (Å²) >= 11 is 12.2. The standard InChI is InChI=1S/C21H21Cl2N3O2/c1-2-19-21(28-18-10-15(22)9-16(23)11-18)20-13-25(7-8-26(20)24-19)12-14-3-5-17(27)6-4-14/h3-6,9-11,27H,2,7-8,12-13H2,1H3. The summed E-state index contributed by atoms with van der Waals surface area (Å²) in [5.74, 6) is 1.68. The van der Waals surface area contributed by atoms with Crippen LogP contribution in [0.3, 0.4) is 0 Å². The van der Waals surface area contributed by atoms with Crippen LogP contribution in [0.4, 0.5) is 0 Å². The SMILES string of the molecule is CCc1nn2c(c1Oc1cc(Cl)cc(Cl)c1)CN(Cc1ccc(O)cc1)CC2. The van der Waals surface area contributed by atoms with Crippen molar-refractivity contribution >= 4 is 23.2 Å². The van der Waals surface area contributed by atoms with Crippen molar-refractivity contribution in [1.29, 1.82) is 0 Å². The third-order valence-corrected chi connectivity index (χ3v) is 5.25. The first kappa shape index (κ1) is 19.1. The highest BCUT2D eigenvalue weighted by atomic mass is 35.5. The Kier molecular flexibility index (Phi) is 5.49. The van der Waals surface area contributed by atoms with Crippen molar-refractivity contribution in [3.63, 3.8) is 0 Å². The van der Waals surface area contributed by atoms with Crippen LogP contribution in [-0.4, -0.2) is 26.3 Å². The van der Waals surface area contributed by atoms with Crippen LogP contribution in [0.25, 0.3) is 0 Å². The second-order valence-corrected chi connectivity index (χ2v) is 7.76. The molecule has 7 heteroatoms. The number of hydrogen-bond acceptors (Lipinski definition) is 4. The minimum Gasteiger partial charge on any atom is -0.508 e. The van der Waals surface area contributed by atoms with E-state index in [1.165, 1.54) is 0 Å². The number of nitrogens with zero attached hydrogens (tertiary/aromatic N) is 3. The Bertz CT molecular complexity index is 966. The molecule has 0 aliphatic carbocycles. The smallest absolute Gasteiger partial charge is 0.173 e. The lowest BCUT2D eigenvalue weighted by atomic mass is 10.1. The van der Waals surface area contributed by atoms with Gasteiger partial charge in [-0.3, -0.25) is 9.58 Å². The number of halogens is 2. The summed E-state index contributed by atoms with van der Waals surface area (Å²) in [5, 5.41) is 15.3. The molecule has 0 unspecified atom stereocenters. The van der Waals surface area contributed by atoms with Crippen molar-refractivity contribution in [1.82, 2.24) is 14.7 Å². The van der Waals surface area contributed by atoms with Gasteiger partial charge in [0.15, 0.2) is 5.75 Å². The molecule has 1 aromatic heterocycles. The Morgan fingerprint density at radius 2 is 1.79 bits per heavy atom. The molecule has 4 rings (SSSR count). The molecule has 2 aromatic carbocycles. The van der Waals surface area contributed by atoms with Crippen LogP contribution in [-0.2, 0) is 26.1 Å². The zero-order chi connectivity index (χ0) is 19.7. The summed E-state index contributed by atoms with van der Waals surface area (Å²) in [6.45, 7) is 5.31. The molecule has 0 spiro atoms. The number of phenols is 1. The maximum atomic E-state index is 9.48. The fraction of sp³-hybridized carbons (Fsp3) is 0.286. The van der Waals surface area contributed by atoms with Crippen molar-refractivity contribution in [2.75, 3.05) is 6.54 Å². The van der Waals surface area contributed by atoms with Crippen LogP contribution in [0.2, 0.25) is 10.0 Å². The maximum Gasteiger partial charge on any atom is 0.173 e. The minimum atomic E-state index is 0.281. The van der Waals surface area contributed by atoms with Gasteiger partial charge in [-0.2, -0.15) is 5.10 Å². The zero-order valence-corrected chi connectivity index (χ0v) is 17.0. The molecular formula is C21H21Cl2N3O2. The number of hydrogen-bond donors (Lipinski definition) is 1. The lowest BCUT2D eigenvalue weighted by Gasteiger charge is -2.28. The van der Waals surface area contributed by atoms with Gasteiger partial charge in [0.25, 0.3) is 0 Å². The van der Waals surface area contributed by atoms with Crippen molar-refractivity contribution in [2.24, 2.45) is 0 Å². The van der Waals surface area contributed by atoms with E-state index >= 15 is 0 Å². The van der Waals surface area contributed by atoms with Gasteiger partial charge in [0.2, 0.25) is 0 Å². The van der Waals surface area contributed by atoms with Gasteiger partial charge in [0, 0.05) is 29.7 Å². The van der Waals surface area contributed by atoms with E-state index < -0.39 is 0 Å². The van der Waals surface area contributed by atoms with E-state index in [2.05, 4.69) is 11.8 Å². The number of benzene rings is 2. The average molecular weight is 418 g/mol. The highest BCUT2D eigenvalue weighted by Gasteiger charge is 2.25. The van der Waals surface area contributed by atoms with E-state index in [4.69, 9.17) is 33.0 Å². The summed E-state index contributed by atoms with van der Waals surface area (Å²) < 4.78 is 8.24. The van der Waals surface area contributed by atoms with Gasteiger partial charge in [-0.25, -0.2) is 0 Å². The van der Waals surface area contributed by atoms with Gasteiger partial charge in [-0.15, -0.1) is 0 Å². The number of aryl methyl sites for hydroxylation is 1. The van der Waals surface area contributed by atoms with E-state index in [9.17, 15) is 5.11 Å². The van der Waals surface area contributed by atoms with Crippen molar-refractivity contribution in [3.8, 4) is 17.2 Å². The molecule has 0 bridgehead atoms. The largest absolute Gasteiger partial charge is 0.508 e. The first-order chi connectivity index (χ1) is 13.5. The molecule has 1 N–H and O–H groups in total. The molecule has 5 nitrogen and oxygen atoms in total. The van der Waals surface area contributed by atoms with Crippen LogP contribution < -0.4 is 4.74 Å². The third-order valence-electron chi connectivity index (χ3n) is 4.81. The van der Waals surface area contributed by atoms with E-state index in [0.29, 0.717) is 15.8 Å². The average Bonchev–Trinajstić information content (AvgIpc) is 3.00. The topological polar surface area (TPSA) is 50.5 Å². The molecule has 3 aromatic rings. The van der Waals surface area contributed by atoms with Gasteiger partial charge in [0.05, 0.1) is 12.2 Å². The van der Waals surface area contributed by atoms with E-state index in [1.807, 2.05) is 16.8 Å². The second-order valence-electron chi connectivity index (χ2n) is 6.88. The van der Waals surface area contributed by atoms with Gasteiger partial charge in [-0.05, 0) is 42.3 Å². The van der Waals surface area contributed by atoms with Crippen LogP contribution >= 0.6 is 23.2 Å². The number of ether oxygens (including phenoxy) is 1. The quantitative estimate of drug-likeness (QED) is 0.614. The Hall–Kier alpha value is -2.21. The van der Waals surface area contributed by atoms with E-state index in [1.54, 1.807) is 30.3 Å². The maximum absolute atomic E-state index is 9.48. The first-order valence-corrected chi connectivity index (χ1v) is 10.00. The minimum absolute atomic E-state index is 0.281. The van der Waals surface area contributed by atoms with Crippen LogP contribution in [0.5, 0.6) is 17.2 Å². The van der Waals surface area contributed by atoms with Crippen molar-refractivity contribution in [3.05, 3.63) is 69.5 Å². The van der Waals surface area contributed by atoms with Gasteiger partial charge in [0.1, 0.15) is 17.2 Å². The van der Waals surface area contributed by atoms with Crippen LogP contribution in [0, 0.1) is 0 Å². The molecular weight excluding hydrogens is 397 g/mol. The van der Waals surface area contributed by atoms with Gasteiger partial charge >= 0.3 is 0 Å². The molecule has 0 saturated carbocycles. The molecule has 0 radical (unpaired) electrons. The lowest BCUT2D eigenvalue weighted by molar-refractivity contribution is 0.202. The number of aromatic nitrogens is 2. The van der Waals surface area contributed by atoms with Gasteiger partial charge in [-0.1, -0.05) is 42.3 Å². The van der Waals surface area contributed by atoms with Crippen molar-refractivity contribution < 1.29 is 9.84 Å². The summed E-state index contributed by atoms with van der Waals surface area (Å²) in [4.78, 5) is 2.35. The number of fused-ring (bicyclic) bond motifs is 1. The van der Waals surface area contributed by atoms with E-state index in [0.717, 1.165) is 55.3 Å². The highest BCUT2D eigenvalue weighted by Crippen LogP contribution is 2.35. The van der Waals surface area contributed by atoms with Crippen molar-refractivity contribution in [2.45, 2.75) is 33.0 Å². The molecule has 28 heavy (non-hydrogen) atoms. The first-order valence-electron chi connectivity index (χ1n) is 9.24.